The van der Waals surface area contributed by atoms with E-state index in [9.17, 15) is 25.2 Å². The number of aryl methyl sites for hydroxylation is 2. The van der Waals surface area contributed by atoms with E-state index in [1.165, 1.54) is 12.7 Å². The third-order valence-electron chi connectivity index (χ3n) is 19.1. The first kappa shape index (κ1) is 58.1. The van der Waals surface area contributed by atoms with Gasteiger partial charge in [-0.2, -0.15) is 0 Å². The molecule has 0 unspecified atom stereocenters. The molecule has 1 aromatic heterocycles. The van der Waals surface area contributed by atoms with Gasteiger partial charge < -0.3 is 46.1 Å². The second kappa shape index (κ2) is 26.0. The Labute approximate surface area is 480 Å². The lowest BCUT2D eigenvalue weighted by Crippen LogP contribution is -2.48. The number of β-amino-alcohol motifs (C(OH)–C–C–N with tert-alkyl or cyclic N) is 1. The summed E-state index contributed by atoms with van der Waals surface area (Å²) in [6, 6.07) is 27.1. The summed E-state index contributed by atoms with van der Waals surface area (Å²) in [6.07, 6.45) is 14.7. The van der Waals surface area contributed by atoms with E-state index in [0.29, 0.717) is 51.2 Å². The lowest BCUT2D eigenvalue weighted by Gasteiger charge is -2.46. The Morgan fingerprint density at radius 2 is 1.67 bits per heavy atom. The first-order chi connectivity index (χ1) is 39.2. The average Bonchev–Trinajstić information content (AvgIpc) is 4.09. The van der Waals surface area contributed by atoms with Gasteiger partial charge in [-0.1, -0.05) is 120 Å². The molecule has 2 saturated carbocycles. The Balaban J connectivity index is 1.11. The van der Waals surface area contributed by atoms with E-state index in [1.54, 1.807) is 12.1 Å². The predicted octanol–water partition coefficient (Wildman–Crippen LogP) is 11.9. The van der Waals surface area contributed by atoms with E-state index in [0.717, 1.165) is 126 Å². The number of benzene rings is 4. The van der Waals surface area contributed by atoms with Gasteiger partial charge in [0.2, 0.25) is 0 Å². The summed E-state index contributed by atoms with van der Waals surface area (Å²) in [7, 11) is 1.51. The number of rotatable bonds is 7. The fourth-order valence-corrected chi connectivity index (χ4v) is 14.7. The lowest BCUT2D eigenvalue weighted by molar-refractivity contribution is -0.142. The Kier molecular flexibility index (Phi) is 18.6. The van der Waals surface area contributed by atoms with Crippen LogP contribution in [0.3, 0.4) is 0 Å². The molecule has 430 valence electrons. The maximum atomic E-state index is 15.4. The number of aromatic nitrogens is 1. The van der Waals surface area contributed by atoms with Gasteiger partial charge in [0.05, 0.1) is 25.2 Å². The normalized spacial score (nSPS) is 27.6. The highest BCUT2D eigenvalue weighted by atomic mass is 16.5. The third kappa shape index (κ3) is 13.2. The zero-order valence-corrected chi connectivity index (χ0v) is 48.5. The molecule has 5 aliphatic rings. The molecule has 2 fully saturated rings. The van der Waals surface area contributed by atoms with Gasteiger partial charge in [0.25, 0.3) is 0 Å². The number of nitrogens with one attached hydrogen (secondary N) is 4. The van der Waals surface area contributed by atoms with Gasteiger partial charge in [0.15, 0.2) is 29.2 Å². The highest BCUT2D eigenvalue weighted by Crippen LogP contribution is 2.51. The number of aliphatic hydroxyl groups is 3. The fraction of sp³-hybridized carbons (Fsp3) is 0.514. The van der Waals surface area contributed by atoms with E-state index < -0.39 is 53.0 Å². The minimum Gasteiger partial charge on any atom is -0.504 e. The van der Waals surface area contributed by atoms with Crippen molar-refractivity contribution in [1.82, 2.24) is 15.6 Å². The van der Waals surface area contributed by atoms with Crippen LogP contribution in [-0.2, 0) is 34.3 Å². The molecule has 11 heteroatoms. The molecular formula is C70H88N4O7. The van der Waals surface area contributed by atoms with Crippen molar-refractivity contribution in [2.45, 2.75) is 166 Å². The maximum Gasteiger partial charge on any atom is 0.173 e. The molecule has 9 bridgehead atoms. The summed E-state index contributed by atoms with van der Waals surface area (Å²) in [4.78, 5) is 33.6. The van der Waals surface area contributed by atoms with Crippen LogP contribution in [0.25, 0.3) is 10.8 Å². The monoisotopic (exact) mass is 1100 g/mol. The number of aromatic amines is 1. The lowest BCUT2D eigenvalue weighted by atomic mass is 9.61. The molecule has 0 radical (unpaired) electrons. The first-order valence-corrected chi connectivity index (χ1v) is 30.6. The number of aliphatic hydroxyl groups excluding tert-OH is 3. The number of carbonyl (C=O) groups is 2. The van der Waals surface area contributed by atoms with Crippen molar-refractivity contribution in [3.8, 4) is 23.3 Å². The zero-order valence-electron chi connectivity index (χ0n) is 48.5. The molecule has 3 heterocycles. The number of anilines is 1. The van der Waals surface area contributed by atoms with Crippen molar-refractivity contribution >= 4 is 28.0 Å². The number of ether oxygens (including phenoxy) is 1. The molecular weight excluding hydrogens is 1010 g/mol. The number of aromatic hydroxyl groups is 1. The van der Waals surface area contributed by atoms with Gasteiger partial charge >= 0.3 is 0 Å². The number of phenolic OH excluding ortho intramolecular Hbond substituents is 1. The van der Waals surface area contributed by atoms with E-state index in [4.69, 9.17) is 4.74 Å². The van der Waals surface area contributed by atoms with Crippen molar-refractivity contribution in [2.75, 3.05) is 32.1 Å². The van der Waals surface area contributed by atoms with Crippen LogP contribution in [0, 0.1) is 47.3 Å². The molecule has 10 atom stereocenters. The van der Waals surface area contributed by atoms with E-state index in [-0.39, 0.29) is 48.0 Å². The van der Waals surface area contributed by atoms with Gasteiger partial charge in [-0.25, -0.2) is 0 Å². The molecule has 3 aliphatic carbocycles. The maximum absolute atomic E-state index is 15.4. The van der Waals surface area contributed by atoms with Crippen LogP contribution >= 0.6 is 0 Å². The molecule has 81 heavy (non-hydrogen) atoms. The van der Waals surface area contributed by atoms with E-state index in [1.807, 2.05) is 6.07 Å². The Hall–Kier alpha value is -6.16. The number of methoxy groups -OCH3 is 1. The number of ketones is 2. The summed E-state index contributed by atoms with van der Waals surface area (Å²) < 4.78 is 5.63. The Morgan fingerprint density at radius 3 is 2.47 bits per heavy atom. The van der Waals surface area contributed by atoms with Crippen molar-refractivity contribution < 1.29 is 34.8 Å². The van der Waals surface area contributed by atoms with Crippen LogP contribution in [0.4, 0.5) is 5.69 Å². The van der Waals surface area contributed by atoms with E-state index in [2.05, 4.69) is 139 Å². The van der Waals surface area contributed by atoms with Crippen molar-refractivity contribution in [1.29, 1.82) is 0 Å². The van der Waals surface area contributed by atoms with Crippen LogP contribution in [0.2, 0.25) is 0 Å². The largest absolute Gasteiger partial charge is 0.504 e. The smallest absolute Gasteiger partial charge is 0.173 e. The summed E-state index contributed by atoms with van der Waals surface area (Å²) >= 11 is 0. The third-order valence-corrected chi connectivity index (χ3v) is 19.1. The number of hydrogen-bond acceptors (Lipinski definition) is 10. The van der Waals surface area contributed by atoms with Crippen LogP contribution in [0.5, 0.6) is 11.5 Å². The minimum absolute atomic E-state index is 0.0161. The summed E-state index contributed by atoms with van der Waals surface area (Å²) in [5.74, 6) is 6.26. The number of phenols is 1. The molecule has 8 N–H and O–H groups in total. The molecule has 2 aliphatic heterocycles. The van der Waals surface area contributed by atoms with Gasteiger partial charge in [0.1, 0.15) is 5.82 Å². The first-order valence-electron chi connectivity index (χ1n) is 30.6. The van der Waals surface area contributed by atoms with Crippen molar-refractivity contribution in [2.24, 2.45) is 35.5 Å². The number of Topliss-reactive ketones (excluding diaryl/α,β-unsaturated/α-hetero) is 2. The van der Waals surface area contributed by atoms with E-state index >= 15 is 4.79 Å². The molecule has 0 amide bonds. The second-order valence-electron chi connectivity index (χ2n) is 25.2. The number of fused-ring (bicyclic) bond motifs is 10. The quantitative estimate of drug-likeness (QED) is 0.0578. The second-order valence-corrected chi connectivity index (χ2v) is 25.2. The zero-order chi connectivity index (χ0) is 56.8. The fourth-order valence-electron chi connectivity index (χ4n) is 14.7. The van der Waals surface area contributed by atoms with Gasteiger partial charge in [-0.05, 0) is 186 Å². The Morgan fingerprint density at radius 1 is 0.852 bits per heavy atom. The predicted molar refractivity (Wildman–Crippen MR) is 323 cm³/mol. The summed E-state index contributed by atoms with van der Waals surface area (Å²) in [5.41, 5.74) is 8.63. The highest BCUT2D eigenvalue weighted by Gasteiger charge is 2.50. The summed E-state index contributed by atoms with van der Waals surface area (Å²) in [5, 5.41) is 61.6. The van der Waals surface area contributed by atoms with Gasteiger partial charge in [-0.15, -0.1) is 0 Å². The van der Waals surface area contributed by atoms with Crippen LogP contribution in [0.15, 0.2) is 109 Å². The van der Waals surface area contributed by atoms with Crippen molar-refractivity contribution in [3.05, 3.63) is 148 Å². The number of allylic oxidation sites excluding steroid dienone is 2. The number of dihydropyridines is 1. The van der Waals surface area contributed by atoms with Crippen LogP contribution in [-0.4, -0.2) is 82.0 Å². The van der Waals surface area contributed by atoms with Crippen LogP contribution < -0.4 is 20.7 Å². The standard InChI is InChI=1S/C70H88N4O7/c1-6-12-58-53-32-47(31-50-20-23-59(57-14-9-8-13-49(57)17-15-43(2)3)60-39-63(77)64(81-5)37-51(60)21-24-62(76)68(79)67(78)61(50)36-53)29-46-25-28-72-66(34-46)74-55-22-19-48-18-16-45(30-52(48)35-55)33-56(75)42-71-40-44(4)54-38-65(73-41-54)70(69(58)80)26-10-7-11-27-70/h8-9,13-14,16,18-19,22,25,30,34-35,37-39,41,43-44,47,50,53,56,58-59,61,68-69,71-75,77,79-80H,6-7,10-12,15,17,21,24,26-29,31-33,36,40,42H2,1-5H3/t44-,47-,50+,53+,56+,58+,59-,61+,68+,69-/m1/s1. The molecule has 1 spiro atoms. The molecule has 11 nitrogen and oxygen atoms in total. The minimum atomic E-state index is -1.83. The highest BCUT2D eigenvalue weighted by molar-refractivity contribution is 6.06. The SMILES string of the molecule is CCC[C@H]1[C@H]2C[C@H](CC3=CCNC(=C3)Nc3ccc4ccc(cc4c3)C[C@H](O)CNC[C@@H](C)c3c[nH]c(c3)C3(CCCCC3)[C@@H]1O)C[C@@H]1C#C[C@H](c3ccccc3CCC(C)C)c3cc(O)c(OC)cc3CCC(=O)[C@H](O)C(=O)[C@H]1C2. The molecule has 4 aromatic carbocycles. The average molecular weight is 1100 g/mol. The number of H-pyrrole nitrogens is 1. The molecule has 10 rings (SSSR count). The van der Waals surface area contributed by atoms with Gasteiger partial charge in [-0.3, -0.25) is 9.59 Å². The van der Waals surface area contributed by atoms with Gasteiger partial charge in [0, 0.05) is 60.9 Å². The molecule has 0 saturated heterocycles. The molecule has 5 aromatic rings. The Bertz CT molecular complexity index is 3150. The summed E-state index contributed by atoms with van der Waals surface area (Å²) in [6.45, 7) is 10.6. The van der Waals surface area contributed by atoms with Crippen molar-refractivity contribution in [3.63, 3.8) is 0 Å². The number of hydrogen-bond donors (Lipinski definition) is 8. The number of carbonyl (C=O) groups excluding carboxylic acids is 2. The van der Waals surface area contributed by atoms with Crippen LogP contribution in [0.1, 0.15) is 162 Å². The topological polar surface area (TPSA) is 176 Å².